The van der Waals surface area contributed by atoms with Gasteiger partial charge >= 0.3 is 0 Å². The third kappa shape index (κ3) is 5.28. The average molecular weight is 381 g/mol. The smallest absolute Gasteiger partial charge is 0.145 e. The van der Waals surface area contributed by atoms with E-state index in [1.807, 2.05) is 49.4 Å². The first-order chi connectivity index (χ1) is 13.2. The molecule has 0 atom stereocenters. The number of halogens is 1. The summed E-state index contributed by atoms with van der Waals surface area (Å²) in [6.45, 7) is 4.28. The molecule has 1 N–H and O–H groups in total. The summed E-state index contributed by atoms with van der Waals surface area (Å²) in [5.74, 6) is 1.70. The van der Waals surface area contributed by atoms with Gasteiger partial charge < -0.3 is 5.32 Å². The molecule has 0 bridgehead atoms. The van der Waals surface area contributed by atoms with Gasteiger partial charge in [0.05, 0.1) is 12.1 Å². The fourth-order valence-corrected chi connectivity index (χ4v) is 3.18. The van der Waals surface area contributed by atoms with E-state index in [2.05, 4.69) is 35.5 Å². The Hall–Kier alpha value is -2.43. The summed E-state index contributed by atoms with van der Waals surface area (Å²) in [6.07, 6.45) is 5.18. The van der Waals surface area contributed by atoms with Crippen LogP contribution in [-0.2, 0) is 13.1 Å². The summed E-state index contributed by atoms with van der Waals surface area (Å²) in [5, 5.41) is 5.29. The predicted molar refractivity (Wildman–Crippen MR) is 114 cm³/mol. The van der Waals surface area contributed by atoms with Crippen LogP contribution in [0.3, 0.4) is 0 Å². The van der Waals surface area contributed by atoms with Crippen LogP contribution in [0.1, 0.15) is 24.7 Å². The first-order valence-electron chi connectivity index (χ1n) is 9.20. The highest BCUT2D eigenvalue weighted by Gasteiger charge is 2.10. The molecule has 1 heterocycles. The summed E-state index contributed by atoms with van der Waals surface area (Å²) in [5.41, 5.74) is 2.06. The zero-order valence-corrected chi connectivity index (χ0v) is 16.6. The summed E-state index contributed by atoms with van der Waals surface area (Å²) in [4.78, 5) is 11.7. The second kappa shape index (κ2) is 9.49. The maximum absolute atomic E-state index is 6.28. The van der Waals surface area contributed by atoms with Crippen molar-refractivity contribution in [1.82, 2.24) is 14.9 Å². The molecule has 0 aliphatic rings. The Bertz CT molecular complexity index is 923. The molecule has 4 nitrogen and oxygen atoms in total. The van der Waals surface area contributed by atoms with Crippen LogP contribution in [0.4, 0.5) is 5.82 Å². The van der Waals surface area contributed by atoms with Crippen molar-refractivity contribution in [2.75, 3.05) is 18.9 Å². The van der Waals surface area contributed by atoms with Crippen molar-refractivity contribution in [3.05, 3.63) is 77.1 Å². The molecule has 3 rings (SSSR count). The highest BCUT2D eigenvalue weighted by molar-refractivity contribution is 6.31. The zero-order valence-electron chi connectivity index (χ0n) is 15.8. The number of benzene rings is 2. The number of hydrogen-bond acceptors (Lipinski definition) is 4. The molecule has 0 saturated heterocycles. The number of nitrogens with zero attached hydrogens (tertiary/aromatic N) is 3. The number of allylic oxidation sites excluding steroid dienone is 1. The lowest BCUT2D eigenvalue weighted by Gasteiger charge is -2.18. The Morgan fingerprint density at radius 2 is 1.81 bits per heavy atom. The highest BCUT2D eigenvalue weighted by Crippen LogP contribution is 2.21. The molecular weight excluding hydrogens is 356 g/mol. The van der Waals surface area contributed by atoms with Crippen molar-refractivity contribution in [2.45, 2.75) is 26.4 Å². The summed E-state index contributed by atoms with van der Waals surface area (Å²) >= 11 is 6.28. The normalized spacial score (nSPS) is 11.6. The largest absolute Gasteiger partial charge is 0.369 e. The number of nitrogens with one attached hydrogen (secondary N) is 1. The molecule has 0 unspecified atom stereocenters. The molecule has 5 heteroatoms. The van der Waals surface area contributed by atoms with Gasteiger partial charge in [-0.15, -0.1) is 0 Å². The fraction of sp³-hybridized carbons (Fsp3) is 0.273. The molecule has 140 valence electrons. The SMILES string of the molecule is C/C=C/CCNc1nc(CN(C)Cc2ccccc2Cl)nc2ccccc12. The second-order valence-corrected chi connectivity index (χ2v) is 6.96. The molecule has 3 aromatic rings. The van der Waals surface area contributed by atoms with Gasteiger partial charge in [0.1, 0.15) is 11.6 Å². The molecule has 0 radical (unpaired) electrons. The van der Waals surface area contributed by atoms with Gasteiger partial charge in [0.25, 0.3) is 0 Å². The van der Waals surface area contributed by atoms with E-state index in [0.29, 0.717) is 6.54 Å². The molecule has 2 aromatic carbocycles. The number of hydrogen-bond donors (Lipinski definition) is 1. The van der Waals surface area contributed by atoms with Gasteiger partial charge in [-0.2, -0.15) is 0 Å². The van der Waals surface area contributed by atoms with E-state index < -0.39 is 0 Å². The minimum Gasteiger partial charge on any atom is -0.369 e. The van der Waals surface area contributed by atoms with E-state index in [4.69, 9.17) is 21.6 Å². The maximum atomic E-state index is 6.28. The van der Waals surface area contributed by atoms with E-state index >= 15 is 0 Å². The van der Waals surface area contributed by atoms with Crippen LogP contribution in [0, 0.1) is 0 Å². The molecule has 0 fully saturated rings. The van der Waals surface area contributed by atoms with Crippen LogP contribution in [0.15, 0.2) is 60.7 Å². The number of fused-ring (bicyclic) bond motifs is 1. The summed E-state index contributed by atoms with van der Waals surface area (Å²) in [7, 11) is 2.06. The van der Waals surface area contributed by atoms with E-state index in [1.54, 1.807) is 0 Å². The van der Waals surface area contributed by atoms with Crippen molar-refractivity contribution < 1.29 is 0 Å². The molecular formula is C22H25ClN4. The monoisotopic (exact) mass is 380 g/mol. The third-order valence-electron chi connectivity index (χ3n) is 4.30. The van der Waals surface area contributed by atoms with Gasteiger partial charge in [0.15, 0.2) is 0 Å². The van der Waals surface area contributed by atoms with Gasteiger partial charge in [-0.1, -0.05) is 54.1 Å². The Balaban J connectivity index is 1.78. The van der Waals surface area contributed by atoms with E-state index in [0.717, 1.165) is 52.6 Å². The van der Waals surface area contributed by atoms with Crippen LogP contribution in [0.25, 0.3) is 10.9 Å². The first-order valence-corrected chi connectivity index (χ1v) is 9.58. The minimum absolute atomic E-state index is 0.652. The Kier molecular flexibility index (Phi) is 6.80. The Morgan fingerprint density at radius 1 is 1.04 bits per heavy atom. The van der Waals surface area contributed by atoms with E-state index in [1.165, 1.54) is 0 Å². The standard InChI is InChI=1S/C22H25ClN4/c1-3-4-9-14-24-22-18-11-6-8-13-20(18)25-21(26-22)16-27(2)15-17-10-5-7-12-19(17)23/h3-8,10-13H,9,14-16H2,1-2H3,(H,24,25,26)/b4-3+. The van der Waals surface area contributed by atoms with Crippen molar-refractivity contribution in [3.8, 4) is 0 Å². The molecule has 0 amide bonds. The van der Waals surface area contributed by atoms with Crippen molar-refractivity contribution in [2.24, 2.45) is 0 Å². The predicted octanol–water partition coefficient (Wildman–Crippen LogP) is 5.29. The van der Waals surface area contributed by atoms with E-state index in [-0.39, 0.29) is 0 Å². The van der Waals surface area contributed by atoms with Crippen LogP contribution < -0.4 is 5.32 Å². The maximum Gasteiger partial charge on any atom is 0.145 e. The third-order valence-corrected chi connectivity index (χ3v) is 4.67. The van der Waals surface area contributed by atoms with Gasteiger partial charge in [-0.05, 0) is 44.2 Å². The van der Waals surface area contributed by atoms with E-state index in [9.17, 15) is 0 Å². The highest BCUT2D eigenvalue weighted by atomic mass is 35.5. The lowest BCUT2D eigenvalue weighted by atomic mass is 10.2. The number of aromatic nitrogens is 2. The summed E-state index contributed by atoms with van der Waals surface area (Å²) < 4.78 is 0. The number of para-hydroxylation sites is 1. The molecule has 0 spiro atoms. The number of anilines is 1. The van der Waals surface area contributed by atoms with Gasteiger partial charge in [-0.25, -0.2) is 9.97 Å². The Morgan fingerprint density at radius 3 is 2.63 bits per heavy atom. The lowest BCUT2D eigenvalue weighted by Crippen LogP contribution is -2.19. The molecule has 27 heavy (non-hydrogen) atoms. The zero-order chi connectivity index (χ0) is 19.1. The molecule has 0 aliphatic carbocycles. The number of rotatable bonds is 8. The quantitative estimate of drug-likeness (QED) is 0.425. The minimum atomic E-state index is 0.652. The van der Waals surface area contributed by atoms with Gasteiger partial charge in [0.2, 0.25) is 0 Å². The molecule has 0 saturated carbocycles. The van der Waals surface area contributed by atoms with Crippen LogP contribution >= 0.6 is 11.6 Å². The van der Waals surface area contributed by atoms with Gasteiger partial charge in [-0.3, -0.25) is 4.90 Å². The van der Waals surface area contributed by atoms with Crippen molar-refractivity contribution >= 4 is 28.3 Å². The van der Waals surface area contributed by atoms with Gasteiger partial charge in [0, 0.05) is 23.5 Å². The topological polar surface area (TPSA) is 41.1 Å². The molecule has 1 aromatic heterocycles. The average Bonchev–Trinajstić information content (AvgIpc) is 2.67. The van der Waals surface area contributed by atoms with Crippen LogP contribution in [0.5, 0.6) is 0 Å². The van der Waals surface area contributed by atoms with Crippen LogP contribution in [0.2, 0.25) is 5.02 Å². The molecule has 0 aliphatic heterocycles. The van der Waals surface area contributed by atoms with Crippen molar-refractivity contribution in [1.29, 1.82) is 0 Å². The van der Waals surface area contributed by atoms with Crippen LogP contribution in [-0.4, -0.2) is 28.5 Å². The lowest BCUT2D eigenvalue weighted by molar-refractivity contribution is 0.311. The summed E-state index contributed by atoms with van der Waals surface area (Å²) in [6, 6.07) is 16.1. The van der Waals surface area contributed by atoms with Crippen molar-refractivity contribution in [3.63, 3.8) is 0 Å². The second-order valence-electron chi connectivity index (χ2n) is 6.55. The first kappa shape index (κ1) is 19.3. The fourth-order valence-electron chi connectivity index (χ4n) is 2.99. The Labute approximate surface area is 165 Å².